The van der Waals surface area contributed by atoms with Crippen LogP contribution in [0.5, 0.6) is 5.75 Å². The quantitative estimate of drug-likeness (QED) is 0.713. The summed E-state index contributed by atoms with van der Waals surface area (Å²) in [7, 11) is 1.65. The number of H-pyrrole nitrogens is 1. The highest BCUT2D eigenvalue weighted by Gasteiger charge is 2.16. The number of methoxy groups -OCH3 is 1. The van der Waals surface area contributed by atoms with Crippen LogP contribution in [0.4, 0.5) is 0 Å². The van der Waals surface area contributed by atoms with Gasteiger partial charge in [-0.1, -0.05) is 0 Å². The third-order valence-electron chi connectivity index (χ3n) is 3.44. The molecule has 0 amide bonds. The van der Waals surface area contributed by atoms with Crippen LogP contribution in [0.1, 0.15) is 12.6 Å². The molecule has 0 bridgehead atoms. The number of rotatable bonds is 3. The highest BCUT2D eigenvalue weighted by atomic mass is 79.9. The molecule has 3 aromatic rings. The second-order valence-electron chi connectivity index (χ2n) is 4.68. The number of nitrogens with one attached hydrogen (secondary N) is 1. The number of aryl methyl sites for hydroxylation is 2. The second kappa shape index (κ2) is 5.31. The number of aromatic nitrogens is 4. The average molecular weight is 367 g/mol. The van der Waals surface area contributed by atoms with Gasteiger partial charge < -0.3 is 9.72 Å². The molecule has 0 saturated heterocycles. The van der Waals surface area contributed by atoms with Crippen molar-refractivity contribution in [2.45, 2.75) is 20.4 Å². The highest BCUT2D eigenvalue weighted by molar-refractivity contribution is 9.10. The number of halogens is 1. The van der Waals surface area contributed by atoms with E-state index in [4.69, 9.17) is 17.0 Å². The summed E-state index contributed by atoms with van der Waals surface area (Å²) in [6.07, 6.45) is 0. The summed E-state index contributed by atoms with van der Waals surface area (Å²) in [5, 5.41) is 4.53. The van der Waals surface area contributed by atoms with Crippen LogP contribution >= 0.6 is 28.1 Å². The van der Waals surface area contributed by atoms with Crippen LogP contribution in [0, 0.1) is 11.7 Å². The molecule has 0 spiro atoms. The van der Waals surface area contributed by atoms with E-state index in [1.165, 1.54) is 0 Å². The molecule has 7 heteroatoms. The van der Waals surface area contributed by atoms with E-state index in [9.17, 15) is 0 Å². The van der Waals surface area contributed by atoms with E-state index in [1.54, 1.807) is 7.11 Å². The molecular formula is C14H15BrN4OS. The first-order chi connectivity index (χ1) is 10.1. The number of hydrogen-bond donors (Lipinski definition) is 1. The molecule has 2 aromatic heterocycles. The Morgan fingerprint density at radius 1 is 1.43 bits per heavy atom. The standard InChI is InChI=1S/C14H15BrN4OS/c1-4-18-13-12(8(2)17-18)16-14(21)19(13)9-5-6-10(15)11(7-9)20-3/h5-7H,4H2,1-3H3,(H,16,21). The lowest BCUT2D eigenvalue weighted by Crippen LogP contribution is -2.04. The van der Waals surface area contributed by atoms with Gasteiger partial charge in [-0.05, 0) is 54.1 Å². The summed E-state index contributed by atoms with van der Waals surface area (Å²) < 4.78 is 10.9. The van der Waals surface area contributed by atoms with Crippen molar-refractivity contribution in [1.29, 1.82) is 0 Å². The molecule has 0 aliphatic rings. The summed E-state index contributed by atoms with van der Waals surface area (Å²) in [6.45, 7) is 4.82. The van der Waals surface area contributed by atoms with Crippen LogP contribution in [0.25, 0.3) is 16.9 Å². The molecule has 0 atom stereocenters. The number of hydrogen-bond acceptors (Lipinski definition) is 3. The van der Waals surface area contributed by atoms with Gasteiger partial charge in [-0.3, -0.25) is 4.57 Å². The zero-order valence-corrected chi connectivity index (χ0v) is 14.4. The highest BCUT2D eigenvalue weighted by Crippen LogP contribution is 2.29. The van der Waals surface area contributed by atoms with Gasteiger partial charge >= 0.3 is 0 Å². The van der Waals surface area contributed by atoms with Gasteiger partial charge in [-0.2, -0.15) is 5.10 Å². The van der Waals surface area contributed by atoms with E-state index in [-0.39, 0.29) is 0 Å². The van der Waals surface area contributed by atoms with E-state index < -0.39 is 0 Å². The Bertz CT molecular complexity index is 877. The number of nitrogens with zero attached hydrogens (tertiary/aromatic N) is 3. The summed E-state index contributed by atoms with van der Waals surface area (Å²) in [5.41, 5.74) is 3.84. The molecular weight excluding hydrogens is 352 g/mol. The van der Waals surface area contributed by atoms with Crippen LogP contribution in [-0.2, 0) is 6.54 Å². The summed E-state index contributed by atoms with van der Waals surface area (Å²) in [6, 6.07) is 5.90. The first kappa shape index (κ1) is 14.3. The van der Waals surface area contributed by atoms with Gasteiger partial charge in [0.05, 0.1) is 23.0 Å². The smallest absolute Gasteiger partial charge is 0.184 e. The Morgan fingerprint density at radius 3 is 2.86 bits per heavy atom. The number of benzene rings is 1. The monoisotopic (exact) mass is 366 g/mol. The molecule has 5 nitrogen and oxygen atoms in total. The van der Waals surface area contributed by atoms with Crippen molar-refractivity contribution < 1.29 is 4.74 Å². The Hall–Kier alpha value is -1.60. The maximum absolute atomic E-state index is 5.48. The second-order valence-corrected chi connectivity index (χ2v) is 5.93. The third-order valence-corrected chi connectivity index (χ3v) is 4.38. The zero-order chi connectivity index (χ0) is 15.1. The number of fused-ring (bicyclic) bond motifs is 1. The topological polar surface area (TPSA) is 47.8 Å². The maximum atomic E-state index is 5.48. The minimum atomic E-state index is 0.650. The number of aromatic amines is 1. The van der Waals surface area contributed by atoms with Crippen molar-refractivity contribution in [3.05, 3.63) is 33.1 Å². The molecule has 0 radical (unpaired) electrons. The summed E-state index contributed by atoms with van der Waals surface area (Å²) >= 11 is 8.95. The van der Waals surface area contributed by atoms with Crippen LogP contribution < -0.4 is 4.74 Å². The van der Waals surface area contributed by atoms with Crippen molar-refractivity contribution in [3.63, 3.8) is 0 Å². The van der Waals surface area contributed by atoms with E-state index in [1.807, 2.05) is 34.4 Å². The minimum absolute atomic E-state index is 0.650. The van der Waals surface area contributed by atoms with Crippen molar-refractivity contribution in [2.75, 3.05) is 7.11 Å². The van der Waals surface area contributed by atoms with Crippen LogP contribution in [0.15, 0.2) is 22.7 Å². The predicted octanol–water partition coefficient (Wildman–Crippen LogP) is 3.98. The van der Waals surface area contributed by atoms with Gasteiger partial charge in [-0.25, -0.2) is 4.68 Å². The van der Waals surface area contributed by atoms with Gasteiger partial charge in [0.1, 0.15) is 11.3 Å². The molecule has 0 aliphatic heterocycles. The molecule has 21 heavy (non-hydrogen) atoms. The molecule has 0 fully saturated rings. The molecule has 0 saturated carbocycles. The minimum Gasteiger partial charge on any atom is -0.495 e. The first-order valence-corrected chi connectivity index (χ1v) is 7.79. The maximum Gasteiger partial charge on any atom is 0.184 e. The number of ether oxygens (including phenoxy) is 1. The van der Waals surface area contributed by atoms with Gasteiger partial charge in [0.15, 0.2) is 10.4 Å². The van der Waals surface area contributed by atoms with Gasteiger partial charge in [-0.15, -0.1) is 0 Å². The van der Waals surface area contributed by atoms with Crippen LogP contribution in [0.2, 0.25) is 0 Å². The van der Waals surface area contributed by atoms with E-state index >= 15 is 0 Å². The van der Waals surface area contributed by atoms with E-state index in [2.05, 4.69) is 32.9 Å². The van der Waals surface area contributed by atoms with Crippen molar-refractivity contribution in [1.82, 2.24) is 19.3 Å². The molecule has 1 N–H and O–H groups in total. The fourth-order valence-electron chi connectivity index (χ4n) is 2.45. The normalized spacial score (nSPS) is 11.2. The molecule has 110 valence electrons. The molecule has 2 heterocycles. The van der Waals surface area contributed by atoms with Crippen LogP contribution in [0.3, 0.4) is 0 Å². The fourth-order valence-corrected chi connectivity index (χ4v) is 3.15. The molecule has 3 rings (SSSR count). The lowest BCUT2D eigenvalue weighted by molar-refractivity contribution is 0.412. The average Bonchev–Trinajstić information content (AvgIpc) is 2.96. The number of imidazole rings is 1. The lowest BCUT2D eigenvalue weighted by Gasteiger charge is -2.09. The van der Waals surface area contributed by atoms with Crippen molar-refractivity contribution >= 4 is 39.3 Å². The molecule has 1 aromatic carbocycles. The Morgan fingerprint density at radius 2 is 2.19 bits per heavy atom. The largest absolute Gasteiger partial charge is 0.495 e. The zero-order valence-electron chi connectivity index (χ0n) is 12.0. The SMILES string of the molecule is CCn1nc(C)c2[nH]c(=S)n(-c3ccc(Br)c(OC)c3)c21. The predicted molar refractivity (Wildman–Crippen MR) is 88.9 cm³/mol. The van der Waals surface area contributed by atoms with Gasteiger partial charge in [0, 0.05) is 12.6 Å². The third kappa shape index (κ3) is 2.20. The fraction of sp³-hybridized carbons (Fsp3) is 0.286. The molecule has 0 aliphatic carbocycles. The van der Waals surface area contributed by atoms with Crippen LogP contribution in [-0.4, -0.2) is 26.4 Å². The first-order valence-electron chi connectivity index (χ1n) is 6.58. The molecule has 0 unspecified atom stereocenters. The Balaban J connectivity index is 2.34. The summed E-state index contributed by atoms with van der Waals surface area (Å²) in [4.78, 5) is 3.24. The van der Waals surface area contributed by atoms with Gasteiger partial charge in [0.2, 0.25) is 0 Å². The summed E-state index contributed by atoms with van der Waals surface area (Å²) in [5.74, 6) is 0.767. The van der Waals surface area contributed by atoms with Gasteiger partial charge in [0.25, 0.3) is 0 Å². The van der Waals surface area contributed by atoms with E-state index in [0.717, 1.165) is 39.3 Å². The van der Waals surface area contributed by atoms with Crippen molar-refractivity contribution in [2.24, 2.45) is 0 Å². The Labute approximate surface area is 135 Å². The van der Waals surface area contributed by atoms with Crippen molar-refractivity contribution in [3.8, 4) is 11.4 Å². The lowest BCUT2D eigenvalue weighted by atomic mass is 10.3. The van der Waals surface area contributed by atoms with E-state index in [0.29, 0.717) is 4.77 Å². The Kier molecular flexibility index (Phi) is 3.62.